The highest BCUT2D eigenvalue weighted by atomic mass is 16.5. The molecular formula is C13H26N2O. The van der Waals surface area contributed by atoms with Crippen molar-refractivity contribution in [1.82, 2.24) is 10.2 Å². The minimum absolute atomic E-state index is 0.425. The van der Waals surface area contributed by atoms with Gasteiger partial charge in [-0.15, -0.1) is 0 Å². The van der Waals surface area contributed by atoms with Gasteiger partial charge in [0, 0.05) is 12.6 Å². The number of hydrogen-bond donors (Lipinski definition) is 1. The van der Waals surface area contributed by atoms with Crippen LogP contribution in [0, 0.1) is 5.92 Å². The van der Waals surface area contributed by atoms with Gasteiger partial charge < -0.3 is 15.0 Å². The minimum atomic E-state index is 0.425. The van der Waals surface area contributed by atoms with Crippen molar-refractivity contribution in [2.75, 3.05) is 33.3 Å². The van der Waals surface area contributed by atoms with Gasteiger partial charge in [0.05, 0.1) is 6.10 Å². The van der Waals surface area contributed by atoms with E-state index in [1.165, 1.54) is 45.3 Å². The summed E-state index contributed by atoms with van der Waals surface area (Å²) in [7, 11) is 2.26. The van der Waals surface area contributed by atoms with Crippen molar-refractivity contribution in [2.45, 2.75) is 44.8 Å². The lowest BCUT2D eigenvalue weighted by Crippen LogP contribution is -2.39. The Morgan fingerprint density at radius 1 is 1.38 bits per heavy atom. The third-order valence-corrected chi connectivity index (χ3v) is 4.19. The predicted octanol–water partition coefficient (Wildman–Crippen LogP) is 1.49. The Morgan fingerprint density at radius 2 is 2.25 bits per heavy atom. The van der Waals surface area contributed by atoms with Crippen LogP contribution in [0.25, 0.3) is 0 Å². The molecule has 0 amide bonds. The fourth-order valence-electron chi connectivity index (χ4n) is 3.02. The summed E-state index contributed by atoms with van der Waals surface area (Å²) >= 11 is 0. The van der Waals surface area contributed by atoms with Gasteiger partial charge in [-0.2, -0.15) is 0 Å². The lowest BCUT2D eigenvalue weighted by molar-refractivity contribution is 0.0812. The first kappa shape index (κ1) is 12.3. The molecule has 2 heterocycles. The Labute approximate surface area is 99.5 Å². The summed E-state index contributed by atoms with van der Waals surface area (Å²) in [4.78, 5) is 2.51. The molecule has 0 saturated carbocycles. The Bertz CT molecular complexity index is 204. The van der Waals surface area contributed by atoms with Gasteiger partial charge in [0.2, 0.25) is 0 Å². The maximum absolute atomic E-state index is 5.62. The van der Waals surface area contributed by atoms with E-state index in [9.17, 15) is 0 Å². The number of nitrogens with one attached hydrogen (secondary N) is 1. The number of rotatable bonds is 4. The maximum atomic E-state index is 5.62. The molecule has 3 nitrogen and oxygen atoms in total. The number of piperidine rings is 1. The highest BCUT2D eigenvalue weighted by Gasteiger charge is 2.27. The van der Waals surface area contributed by atoms with E-state index >= 15 is 0 Å². The molecule has 0 aromatic carbocycles. The first-order chi connectivity index (χ1) is 7.77. The predicted molar refractivity (Wildman–Crippen MR) is 66.7 cm³/mol. The fraction of sp³-hybridized carbons (Fsp3) is 1.00. The zero-order valence-corrected chi connectivity index (χ0v) is 10.7. The molecule has 2 fully saturated rings. The summed E-state index contributed by atoms with van der Waals surface area (Å²) in [5.41, 5.74) is 0. The highest BCUT2D eigenvalue weighted by Crippen LogP contribution is 2.20. The van der Waals surface area contributed by atoms with Crippen LogP contribution < -0.4 is 5.32 Å². The largest absolute Gasteiger partial charge is 0.377 e. The molecule has 0 aliphatic carbocycles. The average molecular weight is 226 g/mol. The van der Waals surface area contributed by atoms with Crippen LogP contribution in [0.5, 0.6) is 0 Å². The van der Waals surface area contributed by atoms with Crippen molar-refractivity contribution >= 4 is 0 Å². The van der Waals surface area contributed by atoms with Crippen LogP contribution in [0.15, 0.2) is 0 Å². The molecule has 0 aromatic heterocycles. The highest BCUT2D eigenvalue weighted by molar-refractivity contribution is 4.81. The molecule has 94 valence electrons. The molecule has 2 rings (SSSR count). The van der Waals surface area contributed by atoms with Crippen molar-refractivity contribution in [1.29, 1.82) is 0 Å². The average Bonchev–Trinajstić information content (AvgIpc) is 2.74. The van der Waals surface area contributed by atoms with Crippen LogP contribution in [0.4, 0.5) is 0 Å². The lowest BCUT2D eigenvalue weighted by Gasteiger charge is -2.29. The molecular weight excluding hydrogens is 200 g/mol. The quantitative estimate of drug-likeness (QED) is 0.786. The van der Waals surface area contributed by atoms with Gasteiger partial charge in [-0.05, 0) is 65.2 Å². The van der Waals surface area contributed by atoms with Crippen LogP contribution >= 0.6 is 0 Å². The Kier molecular flexibility index (Phi) is 4.62. The monoisotopic (exact) mass is 226 g/mol. The summed E-state index contributed by atoms with van der Waals surface area (Å²) in [6, 6.07) is 0.650. The van der Waals surface area contributed by atoms with Crippen molar-refractivity contribution in [3.05, 3.63) is 0 Å². The number of likely N-dealkylation sites (N-methyl/N-ethyl adjacent to an activating group) is 1. The zero-order valence-electron chi connectivity index (χ0n) is 10.7. The van der Waals surface area contributed by atoms with Gasteiger partial charge in [0.25, 0.3) is 0 Å². The van der Waals surface area contributed by atoms with Crippen LogP contribution in [0.1, 0.15) is 32.6 Å². The van der Waals surface area contributed by atoms with Gasteiger partial charge in [-0.25, -0.2) is 0 Å². The molecule has 2 saturated heterocycles. The Morgan fingerprint density at radius 3 is 2.88 bits per heavy atom. The zero-order chi connectivity index (χ0) is 11.4. The standard InChI is InChI=1S/C13H26N2O/c1-11-13(6-9-16-11)15(2)8-5-12-4-3-7-14-10-12/h11-14H,3-10H2,1-2H3. The second-order valence-electron chi connectivity index (χ2n) is 5.41. The topological polar surface area (TPSA) is 24.5 Å². The molecule has 0 radical (unpaired) electrons. The van der Waals surface area contributed by atoms with Crippen molar-refractivity contribution in [2.24, 2.45) is 5.92 Å². The van der Waals surface area contributed by atoms with Crippen LogP contribution in [0.2, 0.25) is 0 Å². The van der Waals surface area contributed by atoms with Crippen LogP contribution in [-0.2, 0) is 4.74 Å². The second-order valence-corrected chi connectivity index (χ2v) is 5.41. The van der Waals surface area contributed by atoms with Crippen molar-refractivity contribution in [3.63, 3.8) is 0 Å². The van der Waals surface area contributed by atoms with Crippen LogP contribution in [0.3, 0.4) is 0 Å². The van der Waals surface area contributed by atoms with Crippen molar-refractivity contribution in [3.8, 4) is 0 Å². The Balaban J connectivity index is 1.68. The van der Waals surface area contributed by atoms with Gasteiger partial charge in [-0.1, -0.05) is 0 Å². The molecule has 2 aliphatic rings. The number of hydrogen-bond acceptors (Lipinski definition) is 3. The fourth-order valence-corrected chi connectivity index (χ4v) is 3.02. The maximum Gasteiger partial charge on any atom is 0.0702 e. The SMILES string of the molecule is CC1OCCC1N(C)CCC1CCCNC1. The third-order valence-electron chi connectivity index (χ3n) is 4.19. The van der Waals surface area contributed by atoms with E-state index in [1.807, 2.05) is 0 Å². The molecule has 1 N–H and O–H groups in total. The van der Waals surface area contributed by atoms with Gasteiger partial charge in [0.15, 0.2) is 0 Å². The molecule has 0 spiro atoms. The molecule has 0 bridgehead atoms. The Hall–Kier alpha value is -0.120. The summed E-state index contributed by atoms with van der Waals surface area (Å²) in [5.74, 6) is 0.897. The first-order valence-corrected chi connectivity index (χ1v) is 6.80. The van der Waals surface area contributed by atoms with E-state index in [0.717, 1.165) is 12.5 Å². The van der Waals surface area contributed by atoms with E-state index in [4.69, 9.17) is 4.74 Å². The normalized spacial score (nSPS) is 35.8. The smallest absolute Gasteiger partial charge is 0.0702 e. The van der Waals surface area contributed by atoms with E-state index in [-0.39, 0.29) is 0 Å². The number of nitrogens with zero attached hydrogens (tertiary/aromatic N) is 1. The molecule has 3 heteroatoms. The third kappa shape index (κ3) is 3.19. The molecule has 16 heavy (non-hydrogen) atoms. The summed E-state index contributed by atoms with van der Waals surface area (Å²) in [5, 5.41) is 3.49. The van der Waals surface area contributed by atoms with E-state index in [2.05, 4.69) is 24.2 Å². The molecule has 3 atom stereocenters. The van der Waals surface area contributed by atoms with Gasteiger partial charge >= 0.3 is 0 Å². The summed E-state index contributed by atoms with van der Waals surface area (Å²) in [6.45, 7) is 6.83. The molecule has 0 aromatic rings. The van der Waals surface area contributed by atoms with Crippen LogP contribution in [-0.4, -0.2) is 50.3 Å². The second kappa shape index (κ2) is 5.99. The van der Waals surface area contributed by atoms with Gasteiger partial charge in [-0.3, -0.25) is 0 Å². The van der Waals surface area contributed by atoms with E-state index < -0.39 is 0 Å². The molecule has 2 aliphatic heterocycles. The first-order valence-electron chi connectivity index (χ1n) is 6.80. The summed E-state index contributed by atoms with van der Waals surface area (Å²) in [6.07, 6.45) is 5.75. The lowest BCUT2D eigenvalue weighted by atomic mass is 9.95. The van der Waals surface area contributed by atoms with E-state index in [0.29, 0.717) is 12.1 Å². The number of ether oxygens (including phenoxy) is 1. The van der Waals surface area contributed by atoms with Crippen molar-refractivity contribution < 1.29 is 4.74 Å². The minimum Gasteiger partial charge on any atom is -0.377 e. The summed E-state index contributed by atoms with van der Waals surface area (Å²) < 4.78 is 5.62. The molecule has 3 unspecified atom stereocenters. The van der Waals surface area contributed by atoms with Gasteiger partial charge in [0.1, 0.15) is 0 Å². The van der Waals surface area contributed by atoms with E-state index in [1.54, 1.807) is 0 Å².